The average Bonchev–Trinajstić information content (AvgIpc) is 2.46. The summed E-state index contributed by atoms with van der Waals surface area (Å²) in [5.74, 6) is 0.962. The topological polar surface area (TPSA) is 38.9 Å². The molecule has 2 aromatic rings. The van der Waals surface area contributed by atoms with Crippen LogP contribution in [0.5, 0.6) is 0 Å². The van der Waals surface area contributed by atoms with Crippen LogP contribution in [-0.4, -0.2) is 11.0 Å². The van der Waals surface area contributed by atoms with E-state index in [9.17, 15) is 4.39 Å². The minimum absolute atomic E-state index is 0.184. The minimum Gasteiger partial charge on any atom is -0.328 e. The van der Waals surface area contributed by atoms with E-state index in [4.69, 9.17) is 5.73 Å². The second-order valence-corrected chi connectivity index (χ2v) is 6.03. The zero-order valence-electron chi connectivity index (χ0n) is 11.8. The van der Waals surface area contributed by atoms with Gasteiger partial charge in [-0.05, 0) is 74.3 Å². The lowest BCUT2D eigenvalue weighted by atomic mass is 9.76. The molecule has 2 nitrogen and oxygen atoms in total. The van der Waals surface area contributed by atoms with Crippen LogP contribution in [0.1, 0.15) is 44.1 Å². The first kappa shape index (κ1) is 13.5. The number of nitrogens with zero attached hydrogens (tertiary/aromatic N) is 1. The summed E-state index contributed by atoms with van der Waals surface area (Å²) in [5.41, 5.74) is 8.14. The van der Waals surface area contributed by atoms with Crippen molar-refractivity contribution in [3.63, 3.8) is 0 Å². The SMILES string of the molecule is CC(N)C1CCC(c2ccnc3ccc(F)cc23)CC1. The number of nitrogens with two attached hydrogens (primary N) is 1. The largest absolute Gasteiger partial charge is 0.328 e. The highest BCUT2D eigenvalue weighted by Gasteiger charge is 2.25. The van der Waals surface area contributed by atoms with Gasteiger partial charge in [0, 0.05) is 17.6 Å². The lowest BCUT2D eigenvalue weighted by molar-refractivity contribution is 0.292. The van der Waals surface area contributed by atoms with E-state index >= 15 is 0 Å². The quantitative estimate of drug-likeness (QED) is 0.897. The van der Waals surface area contributed by atoms with Crippen molar-refractivity contribution in [3.8, 4) is 0 Å². The molecule has 0 saturated heterocycles. The van der Waals surface area contributed by atoms with Crippen molar-refractivity contribution in [2.45, 2.75) is 44.6 Å². The standard InChI is InChI=1S/C17H21FN2/c1-11(19)12-2-4-13(5-3-12)15-8-9-20-17-7-6-14(18)10-16(15)17/h6-13H,2-5,19H2,1H3. The van der Waals surface area contributed by atoms with Gasteiger partial charge in [-0.25, -0.2) is 4.39 Å². The van der Waals surface area contributed by atoms with Crippen molar-refractivity contribution in [2.24, 2.45) is 11.7 Å². The van der Waals surface area contributed by atoms with Gasteiger partial charge < -0.3 is 5.73 Å². The van der Waals surface area contributed by atoms with E-state index in [1.807, 2.05) is 6.20 Å². The Hall–Kier alpha value is -1.48. The molecule has 0 spiro atoms. The first-order chi connectivity index (χ1) is 9.65. The van der Waals surface area contributed by atoms with Crippen LogP contribution in [-0.2, 0) is 0 Å². The first-order valence-electron chi connectivity index (χ1n) is 7.45. The van der Waals surface area contributed by atoms with Crippen LogP contribution in [0.25, 0.3) is 10.9 Å². The number of hydrogen-bond donors (Lipinski definition) is 1. The number of fused-ring (bicyclic) bond motifs is 1. The van der Waals surface area contributed by atoms with Gasteiger partial charge in [-0.2, -0.15) is 0 Å². The molecule has 1 aliphatic rings. The Kier molecular flexibility index (Phi) is 3.70. The summed E-state index contributed by atoms with van der Waals surface area (Å²) in [6.07, 6.45) is 6.46. The zero-order chi connectivity index (χ0) is 14.1. The van der Waals surface area contributed by atoms with Crippen LogP contribution in [0.15, 0.2) is 30.5 Å². The summed E-state index contributed by atoms with van der Waals surface area (Å²) in [4.78, 5) is 4.33. The number of pyridine rings is 1. The van der Waals surface area contributed by atoms with Gasteiger partial charge in [0.25, 0.3) is 0 Å². The Morgan fingerprint density at radius 2 is 1.95 bits per heavy atom. The second-order valence-electron chi connectivity index (χ2n) is 6.03. The average molecular weight is 272 g/mol. The fourth-order valence-corrected chi connectivity index (χ4v) is 3.45. The van der Waals surface area contributed by atoms with E-state index in [0.717, 1.165) is 23.7 Å². The summed E-state index contributed by atoms with van der Waals surface area (Å²) in [6, 6.07) is 7.20. The molecular weight excluding hydrogens is 251 g/mol. The summed E-state index contributed by atoms with van der Waals surface area (Å²) in [7, 11) is 0. The maximum atomic E-state index is 13.5. The third kappa shape index (κ3) is 2.55. The van der Waals surface area contributed by atoms with E-state index in [0.29, 0.717) is 11.8 Å². The van der Waals surface area contributed by atoms with Gasteiger partial charge in [-0.3, -0.25) is 4.98 Å². The second kappa shape index (κ2) is 5.49. The molecule has 3 heteroatoms. The Morgan fingerprint density at radius 1 is 1.20 bits per heavy atom. The van der Waals surface area contributed by atoms with Crippen molar-refractivity contribution in [3.05, 3.63) is 41.8 Å². The van der Waals surface area contributed by atoms with Gasteiger partial charge in [0.15, 0.2) is 0 Å². The third-order valence-electron chi connectivity index (χ3n) is 4.69. The van der Waals surface area contributed by atoms with Crippen molar-refractivity contribution in [1.29, 1.82) is 0 Å². The lowest BCUT2D eigenvalue weighted by Gasteiger charge is -2.31. The van der Waals surface area contributed by atoms with Gasteiger partial charge in [0.05, 0.1) is 5.52 Å². The molecule has 2 N–H and O–H groups in total. The molecule has 1 aliphatic carbocycles. The number of rotatable bonds is 2. The Bertz CT molecular complexity index is 601. The highest BCUT2D eigenvalue weighted by molar-refractivity contribution is 5.82. The van der Waals surface area contributed by atoms with Crippen molar-refractivity contribution in [2.75, 3.05) is 0 Å². The third-order valence-corrected chi connectivity index (χ3v) is 4.69. The number of aromatic nitrogens is 1. The fourth-order valence-electron chi connectivity index (χ4n) is 3.45. The predicted octanol–water partition coefficient (Wildman–Crippen LogP) is 3.99. The summed E-state index contributed by atoms with van der Waals surface area (Å²) >= 11 is 0. The number of hydrogen-bond acceptors (Lipinski definition) is 2. The molecule has 0 bridgehead atoms. The van der Waals surface area contributed by atoms with Crippen molar-refractivity contribution >= 4 is 10.9 Å². The van der Waals surface area contributed by atoms with Crippen LogP contribution in [0.3, 0.4) is 0 Å². The van der Waals surface area contributed by atoms with Gasteiger partial charge in [0.1, 0.15) is 5.82 Å². The van der Waals surface area contributed by atoms with E-state index in [1.54, 1.807) is 12.1 Å². The highest BCUT2D eigenvalue weighted by Crippen LogP contribution is 2.39. The summed E-state index contributed by atoms with van der Waals surface area (Å²) in [6.45, 7) is 2.10. The lowest BCUT2D eigenvalue weighted by Crippen LogP contribution is -2.29. The summed E-state index contributed by atoms with van der Waals surface area (Å²) < 4.78 is 13.5. The molecule has 1 fully saturated rings. The molecule has 1 aromatic carbocycles. The van der Waals surface area contributed by atoms with Crippen LogP contribution in [0.4, 0.5) is 4.39 Å². The fraction of sp³-hybridized carbons (Fsp3) is 0.471. The molecular formula is C17H21FN2. The minimum atomic E-state index is -0.184. The molecule has 1 atom stereocenters. The van der Waals surface area contributed by atoms with Crippen molar-refractivity contribution in [1.82, 2.24) is 4.98 Å². The molecule has 0 radical (unpaired) electrons. The van der Waals surface area contributed by atoms with Gasteiger partial charge in [0.2, 0.25) is 0 Å². The van der Waals surface area contributed by atoms with Gasteiger partial charge in [-0.1, -0.05) is 0 Å². The maximum absolute atomic E-state index is 13.5. The molecule has 20 heavy (non-hydrogen) atoms. The van der Waals surface area contributed by atoms with E-state index in [1.165, 1.54) is 24.5 Å². The van der Waals surface area contributed by atoms with Crippen molar-refractivity contribution < 1.29 is 4.39 Å². The van der Waals surface area contributed by atoms with Crippen LogP contribution in [0.2, 0.25) is 0 Å². The van der Waals surface area contributed by atoms with Gasteiger partial charge in [-0.15, -0.1) is 0 Å². The normalized spacial score (nSPS) is 24.8. The molecule has 0 aliphatic heterocycles. The van der Waals surface area contributed by atoms with Crippen LogP contribution >= 0.6 is 0 Å². The van der Waals surface area contributed by atoms with Gasteiger partial charge >= 0.3 is 0 Å². The van der Waals surface area contributed by atoms with E-state index in [2.05, 4.69) is 18.0 Å². The van der Waals surface area contributed by atoms with E-state index < -0.39 is 0 Å². The molecule has 1 unspecified atom stereocenters. The monoisotopic (exact) mass is 272 g/mol. The molecule has 106 valence electrons. The molecule has 1 saturated carbocycles. The Balaban J connectivity index is 1.90. The Morgan fingerprint density at radius 3 is 2.65 bits per heavy atom. The predicted molar refractivity (Wildman–Crippen MR) is 80.0 cm³/mol. The van der Waals surface area contributed by atoms with Crippen LogP contribution < -0.4 is 5.73 Å². The summed E-state index contributed by atoms with van der Waals surface area (Å²) in [5, 5.41) is 0.969. The number of halogens is 1. The van der Waals surface area contributed by atoms with E-state index in [-0.39, 0.29) is 11.9 Å². The molecule has 1 aromatic heterocycles. The first-order valence-corrected chi connectivity index (χ1v) is 7.45. The maximum Gasteiger partial charge on any atom is 0.123 e. The molecule has 1 heterocycles. The smallest absolute Gasteiger partial charge is 0.123 e. The zero-order valence-corrected chi connectivity index (χ0v) is 11.8. The van der Waals surface area contributed by atoms with Crippen LogP contribution in [0, 0.1) is 11.7 Å². The Labute approximate surface area is 119 Å². The molecule has 3 rings (SSSR count). The molecule has 0 amide bonds. The number of benzene rings is 1. The highest BCUT2D eigenvalue weighted by atomic mass is 19.1.